The number of carbonyl (C=O) groups excluding carboxylic acids is 1. The largest absolute Gasteiger partial charge is 0.469 e. The van der Waals surface area contributed by atoms with E-state index in [1.165, 1.54) is 26.5 Å². The van der Waals surface area contributed by atoms with Gasteiger partial charge in [0.05, 0.1) is 13.0 Å². The van der Waals surface area contributed by atoms with Crippen LogP contribution in [0, 0.1) is 17.8 Å². The topological polar surface area (TPSA) is 57.2 Å². The molecule has 0 aromatic heterocycles. The van der Waals surface area contributed by atoms with Crippen molar-refractivity contribution in [2.24, 2.45) is 22.7 Å². The molecule has 0 aliphatic carbocycles. The van der Waals surface area contributed by atoms with Crippen molar-refractivity contribution in [2.45, 2.75) is 39.7 Å². The molecule has 1 N–H and O–H groups in total. The Morgan fingerprint density at radius 3 is 2.75 bits per heavy atom. The van der Waals surface area contributed by atoms with Crippen molar-refractivity contribution >= 4 is 11.9 Å². The average molecular weight is 338 g/mol. The second kappa shape index (κ2) is 8.70. The Hall–Kier alpha value is -1.30. The zero-order valence-corrected chi connectivity index (χ0v) is 15.9. The molecule has 2 fully saturated rings. The zero-order chi connectivity index (χ0) is 17.7. The highest BCUT2D eigenvalue weighted by Gasteiger charge is 2.37. The molecule has 2 rings (SSSR count). The van der Waals surface area contributed by atoms with E-state index in [1.807, 2.05) is 7.05 Å². The van der Waals surface area contributed by atoms with Crippen LogP contribution in [0.4, 0.5) is 0 Å². The van der Waals surface area contributed by atoms with Gasteiger partial charge < -0.3 is 15.0 Å². The Labute approximate surface area is 146 Å². The molecule has 2 heterocycles. The first-order valence-corrected chi connectivity index (χ1v) is 9.23. The molecule has 0 saturated carbocycles. The van der Waals surface area contributed by atoms with E-state index in [0.717, 1.165) is 25.6 Å². The third-order valence-electron chi connectivity index (χ3n) is 5.22. The summed E-state index contributed by atoms with van der Waals surface area (Å²) >= 11 is 0. The van der Waals surface area contributed by atoms with Gasteiger partial charge >= 0.3 is 5.97 Å². The molecule has 138 valence electrons. The molecular weight excluding hydrogens is 304 g/mol. The molecule has 2 unspecified atom stereocenters. The van der Waals surface area contributed by atoms with E-state index in [1.54, 1.807) is 0 Å². The van der Waals surface area contributed by atoms with Crippen LogP contribution >= 0.6 is 0 Å². The Bertz CT molecular complexity index is 452. The van der Waals surface area contributed by atoms with Gasteiger partial charge in [-0.15, -0.1) is 0 Å². The molecule has 6 heteroatoms. The quantitative estimate of drug-likeness (QED) is 0.467. The Kier molecular flexibility index (Phi) is 6.90. The van der Waals surface area contributed by atoms with E-state index in [4.69, 9.17) is 4.74 Å². The smallest absolute Gasteiger partial charge is 0.310 e. The first-order valence-electron chi connectivity index (χ1n) is 9.23. The van der Waals surface area contributed by atoms with E-state index in [9.17, 15) is 4.79 Å². The van der Waals surface area contributed by atoms with E-state index < -0.39 is 0 Å². The van der Waals surface area contributed by atoms with Crippen molar-refractivity contribution in [3.63, 3.8) is 0 Å². The zero-order valence-electron chi connectivity index (χ0n) is 15.9. The number of esters is 1. The summed E-state index contributed by atoms with van der Waals surface area (Å²) in [6.07, 6.45) is 2.53. The fourth-order valence-corrected chi connectivity index (χ4v) is 3.98. The van der Waals surface area contributed by atoms with Gasteiger partial charge in [0, 0.05) is 39.3 Å². The Morgan fingerprint density at radius 1 is 1.38 bits per heavy atom. The summed E-state index contributed by atoms with van der Waals surface area (Å²) in [4.78, 5) is 21.1. The molecule has 24 heavy (non-hydrogen) atoms. The maximum atomic E-state index is 11.9. The maximum absolute atomic E-state index is 11.9. The summed E-state index contributed by atoms with van der Waals surface area (Å²) in [6.45, 7) is 11.5. The third kappa shape index (κ3) is 4.62. The van der Waals surface area contributed by atoms with Gasteiger partial charge in [-0.1, -0.05) is 20.8 Å². The fraction of sp³-hybridized carbons (Fsp3) is 0.889. The van der Waals surface area contributed by atoms with E-state index in [-0.39, 0.29) is 11.9 Å². The molecule has 6 nitrogen and oxygen atoms in total. The number of ether oxygens (including phenoxy) is 1. The molecule has 2 aliphatic rings. The first kappa shape index (κ1) is 19.0. The molecule has 3 atom stereocenters. The standard InChI is InChI=1S/C18H34N4O2/c1-13(2)10-21-8-6-7-15(21)9-20-18(19-4)22-11-14(3)16(12-22)17(23)24-5/h13-16H,6-12H2,1-5H3,(H,19,20)/t14?,15-,16?/m1/s1. The van der Waals surface area contributed by atoms with Crippen LogP contribution in [-0.2, 0) is 9.53 Å². The number of guanidine groups is 1. The van der Waals surface area contributed by atoms with E-state index in [0.29, 0.717) is 24.4 Å². The van der Waals surface area contributed by atoms with Gasteiger partial charge in [-0.2, -0.15) is 0 Å². The molecular formula is C18H34N4O2. The number of likely N-dealkylation sites (tertiary alicyclic amines) is 2. The fourth-order valence-electron chi connectivity index (χ4n) is 3.98. The lowest BCUT2D eigenvalue weighted by molar-refractivity contribution is -0.145. The van der Waals surface area contributed by atoms with Gasteiger partial charge in [0.15, 0.2) is 5.96 Å². The van der Waals surface area contributed by atoms with Crippen molar-refractivity contribution < 1.29 is 9.53 Å². The lowest BCUT2D eigenvalue weighted by Gasteiger charge is -2.28. The van der Waals surface area contributed by atoms with Crippen molar-refractivity contribution in [3.05, 3.63) is 0 Å². The van der Waals surface area contributed by atoms with Crippen molar-refractivity contribution in [2.75, 3.05) is 46.9 Å². The number of nitrogens with zero attached hydrogens (tertiary/aromatic N) is 3. The molecule has 0 bridgehead atoms. The Balaban J connectivity index is 1.88. The van der Waals surface area contributed by atoms with Crippen LogP contribution in [0.15, 0.2) is 4.99 Å². The number of hydrogen-bond donors (Lipinski definition) is 1. The molecule has 2 saturated heterocycles. The minimum absolute atomic E-state index is 0.0579. The summed E-state index contributed by atoms with van der Waals surface area (Å²) in [7, 11) is 3.28. The van der Waals surface area contributed by atoms with Gasteiger partial charge in [-0.3, -0.25) is 14.7 Å². The van der Waals surface area contributed by atoms with Crippen molar-refractivity contribution in [1.82, 2.24) is 15.1 Å². The highest BCUT2D eigenvalue weighted by molar-refractivity contribution is 5.82. The predicted octanol–water partition coefficient (Wildman–Crippen LogP) is 1.42. The monoisotopic (exact) mass is 338 g/mol. The molecule has 0 aromatic carbocycles. The third-order valence-corrected chi connectivity index (χ3v) is 5.22. The summed E-state index contributed by atoms with van der Waals surface area (Å²) in [5.74, 6) is 1.73. The number of rotatable bonds is 5. The molecule has 2 aliphatic heterocycles. The molecule has 0 spiro atoms. The van der Waals surface area contributed by atoms with Gasteiger partial charge in [0.2, 0.25) is 0 Å². The highest BCUT2D eigenvalue weighted by atomic mass is 16.5. The second-order valence-electron chi connectivity index (χ2n) is 7.62. The predicted molar refractivity (Wildman–Crippen MR) is 97.0 cm³/mol. The van der Waals surface area contributed by atoms with Gasteiger partial charge in [-0.05, 0) is 31.2 Å². The lowest BCUT2D eigenvalue weighted by atomic mass is 9.99. The first-order chi connectivity index (χ1) is 11.5. The van der Waals surface area contributed by atoms with Crippen LogP contribution in [0.3, 0.4) is 0 Å². The number of nitrogens with one attached hydrogen (secondary N) is 1. The van der Waals surface area contributed by atoms with Crippen LogP contribution in [0.25, 0.3) is 0 Å². The van der Waals surface area contributed by atoms with Crippen LogP contribution in [0.1, 0.15) is 33.6 Å². The number of hydrogen-bond acceptors (Lipinski definition) is 4. The Morgan fingerprint density at radius 2 is 2.12 bits per heavy atom. The van der Waals surface area contributed by atoms with Gasteiger partial charge in [0.25, 0.3) is 0 Å². The van der Waals surface area contributed by atoms with E-state index >= 15 is 0 Å². The van der Waals surface area contributed by atoms with Crippen LogP contribution in [0.2, 0.25) is 0 Å². The van der Waals surface area contributed by atoms with Crippen LogP contribution < -0.4 is 5.32 Å². The maximum Gasteiger partial charge on any atom is 0.310 e. The summed E-state index contributed by atoms with van der Waals surface area (Å²) in [5, 5.41) is 3.54. The van der Waals surface area contributed by atoms with Gasteiger partial charge in [0.1, 0.15) is 0 Å². The van der Waals surface area contributed by atoms with E-state index in [2.05, 4.69) is 40.9 Å². The molecule has 0 aromatic rings. The molecule has 0 amide bonds. The van der Waals surface area contributed by atoms with Crippen molar-refractivity contribution in [1.29, 1.82) is 0 Å². The second-order valence-corrected chi connectivity index (χ2v) is 7.62. The summed E-state index contributed by atoms with van der Waals surface area (Å²) in [6, 6.07) is 0.584. The average Bonchev–Trinajstić information content (AvgIpc) is 3.13. The molecule has 0 radical (unpaired) electrons. The summed E-state index contributed by atoms with van der Waals surface area (Å²) in [5.41, 5.74) is 0. The van der Waals surface area contributed by atoms with Gasteiger partial charge in [-0.25, -0.2) is 0 Å². The minimum atomic E-state index is -0.112. The number of methoxy groups -OCH3 is 1. The highest BCUT2D eigenvalue weighted by Crippen LogP contribution is 2.24. The number of carbonyl (C=O) groups is 1. The van der Waals surface area contributed by atoms with Crippen LogP contribution in [0.5, 0.6) is 0 Å². The van der Waals surface area contributed by atoms with Crippen LogP contribution in [-0.4, -0.2) is 74.7 Å². The number of aliphatic imine (C=N–C) groups is 1. The minimum Gasteiger partial charge on any atom is -0.469 e. The van der Waals surface area contributed by atoms with Crippen molar-refractivity contribution in [3.8, 4) is 0 Å². The normalized spacial score (nSPS) is 28.7. The lowest BCUT2D eigenvalue weighted by Crippen LogP contribution is -2.46. The SMILES string of the molecule is CN=C(NC[C@H]1CCCN1CC(C)C)N1CC(C)C(C(=O)OC)C1. The summed E-state index contributed by atoms with van der Waals surface area (Å²) < 4.78 is 4.93.